The summed E-state index contributed by atoms with van der Waals surface area (Å²) in [7, 11) is 0. The summed E-state index contributed by atoms with van der Waals surface area (Å²) in [6, 6.07) is 10.0. The van der Waals surface area contributed by atoms with Crippen molar-refractivity contribution >= 4 is 6.29 Å². The summed E-state index contributed by atoms with van der Waals surface area (Å²) < 4.78 is 0. The van der Waals surface area contributed by atoms with Crippen molar-refractivity contribution in [1.82, 2.24) is 0 Å². The zero-order chi connectivity index (χ0) is 10.2. The van der Waals surface area contributed by atoms with Crippen LogP contribution in [0, 0.1) is 0 Å². The van der Waals surface area contributed by atoms with E-state index < -0.39 is 0 Å². The van der Waals surface area contributed by atoms with E-state index in [1.807, 2.05) is 30.3 Å². The van der Waals surface area contributed by atoms with Gasteiger partial charge in [-0.05, 0) is 5.57 Å². The second kappa shape index (κ2) is 7.92. The Morgan fingerprint density at radius 2 is 1.93 bits per heavy atom. The van der Waals surface area contributed by atoms with E-state index in [2.05, 4.69) is 0 Å². The van der Waals surface area contributed by atoms with E-state index in [1.54, 1.807) is 18.2 Å². The molecule has 0 atom stereocenters. The molecule has 0 aliphatic heterocycles. The molecule has 0 radical (unpaired) electrons. The van der Waals surface area contributed by atoms with Gasteiger partial charge in [-0.15, -0.1) is 6.26 Å². The first-order valence-corrected chi connectivity index (χ1v) is 4.21. The molecule has 0 amide bonds. The molecule has 0 N–H and O–H groups in total. The monoisotopic (exact) mass is 242 g/mol. The van der Waals surface area contributed by atoms with E-state index in [-0.39, 0.29) is 17.1 Å². The van der Waals surface area contributed by atoms with Crippen molar-refractivity contribution in [3.05, 3.63) is 66.0 Å². The van der Waals surface area contributed by atoms with Crippen LogP contribution in [0.2, 0.25) is 0 Å². The molecule has 1 aromatic rings. The van der Waals surface area contributed by atoms with E-state index >= 15 is 0 Å². The predicted molar refractivity (Wildman–Crippen MR) is 53.4 cm³/mol. The number of hydrogen-bond acceptors (Lipinski definition) is 2. The van der Waals surface area contributed by atoms with Gasteiger partial charge in [0.1, 0.15) is 0 Å². The first kappa shape index (κ1) is 13.6. The molecule has 0 saturated heterocycles. The SMILES string of the molecule is O=CC1=CC=CC1=C[O-].[Fe+2].c1cc[cH-]c1. The summed E-state index contributed by atoms with van der Waals surface area (Å²) >= 11 is 0. The van der Waals surface area contributed by atoms with Crippen LogP contribution < -0.4 is 5.11 Å². The van der Waals surface area contributed by atoms with Crippen molar-refractivity contribution in [2.75, 3.05) is 0 Å². The topological polar surface area (TPSA) is 40.1 Å². The molecule has 2 nitrogen and oxygen atoms in total. The van der Waals surface area contributed by atoms with Crippen molar-refractivity contribution in [3.8, 4) is 0 Å². The summed E-state index contributed by atoms with van der Waals surface area (Å²) in [4.78, 5) is 10.1. The third kappa shape index (κ3) is 4.54. The van der Waals surface area contributed by atoms with Crippen LogP contribution in [0.15, 0.2) is 66.0 Å². The fraction of sp³-hybridized carbons (Fsp3) is 0. The van der Waals surface area contributed by atoms with Gasteiger partial charge in [0.25, 0.3) is 0 Å². The number of rotatable bonds is 1. The molecule has 1 aliphatic rings. The smallest absolute Gasteiger partial charge is 0.877 e. The van der Waals surface area contributed by atoms with Gasteiger partial charge in [-0.2, -0.15) is 18.2 Å². The molecule has 1 aliphatic carbocycles. The summed E-state index contributed by atoms with van der Waals surface area (Å²) in [5.74, 6) is 0. The quantitative estimate of drug-likeness (QED) is 0.322. The molecule has 15 heavy (non-hydrogen) atoms. The number of carbonyl (C=O) groups excluding carboxylic acids is 1. The van der Waals surface area contributed by atoms with E-state index in [9.17, 15) is 9.90 Å². The zero-order valence-electron chi connectivity index (χ0n) is 7.94. The van der Waals surface area contributed by atoms with Crippen molar-refractivity contribution < 1.29 is 27.0 Å². The van der Waals surface area contributed by atoms with Crippen LogP contribution in [0.1, 0.15) is 0 Å². The van der Waals surface area contributed by atoms with Crippen LogP contribution in [0.5, 0.6) is 0 Å². The molecule has 3 heteroatoms. The first-order chi connectivity index (χ1) is 6.88. The summed E-state index contributed by atoms with van der Waals surface area (Å²) in [6.07, 6.45) is 6.23. The van der Waals surface area contributed by atoms with Gasteiger partial charge in [0.05, 0.1) is 0 Å². The van der Waals surface area contributed by atoms with Crippen molar-refractivity contribution in [3.63, 3.8) is 0 Å². The van der Waals surface area contributed by atoms with Crippen molar-refractivity contribution in [2.45, 2.75) is 0 Å². The fourth-order valence-electron chi connectivity index (χ4n) is 0.983. The summed E-state index contributed by atoms with van der Waals surface area (Å²) in [5.41, 5.74) is 0.926. The average molecular weight is 242 g/mol. The molecular weight excluding hydrogens is 232 g/mol. The second-order valence-corrected chi connectivity index (χ2v) is 2.63. The maximum atomic E-state index is 10.1. The van der Waals surface area contributed by atoms with Gasteiger partial charge in [-0.3, -0.25) is 4.79 Å². The number of hydrogen-bond donors (Lipinski definition) is 0. The number of aldehydes is 1. The minimum atomic E-state index is 0. The van der Waals surface area contributed by atoms with Gasteiger partial charge in [0.2, 0.25) is 0 Å². The van der Waals surface area contributed by atoms with Crippen LogP contribution in [-0.4, -0.2) is 6.29 Å². The Morgan fingerprint density at radius 3 is 2.27 bits per heavy atom. The molecule has 0 fully saturated rings. The van der Waals surface area contributed by atoms with Crippen LogP contribution in [-0.2, 0) is 21.9 Å². The zero-order valence-corrected chi connectivity index (χ0v) is 9.05. The molecule has 78 valence electrons. The van der Waals surface area contributed by atoms with Crippen molar-refractivity contribution in [2.24, 2.45) is 0 Å². The Kier molecular flexibility index (Phi) is 7.16. The molecule has 1 aromatic carbocycles. The van der Waals surface area contributed by atoms with E-state index in [0.29, 0.717) is 23.7 Å². The van der Waals surface area contributed by atoms with E-state index in [4.69, 9.17) is 0 Å². The second-order valence-electron chi connectivity index (χ2n) is 2.63. The predicted octanol–water partition coefficient (Wildman–Crippen LogP) is 1.33. The third-order valence-corrected chi connectivity index (χ3v) is 1.69. The van der Waals surface area contributed by atoms with Gasteiger partial charge in [0.15, 0.2) is 6.29 Å². The Morgan fingerprint density at radius 1 is 1.27 bits per heavy atom. The van der Waals surface area contributed by atoms with Crippen LogP contribution in [0.25, 0.3) is 0 Å². The van der Waals surface area contributed by atoms with E-state index in [0.717, 1.165) is 0 Å². The molecule has 0 saturated carbocycles. The number of allylic oxidation sites excluding steroid dienone is 5. The molecule has 0 heterocycles. The summed E-state index contributed by atoms with van der Waals surface area (Å²) in [6.45, 7) is 0. The molecular formula is C12H10FeO2. The summed E-state index contributed by atoms with van der Waals surface area (Å²) in [5, 5.41) is 10.1. The van der Waals surface area contributed by atoms with E-state index in [1.165, 1.54) is 0 Å². The van der Waals surface area contributed by atoms with Gasteiger partial charge < -0.3 is 5.11 Å². The number of carbonyl (C=O) groups is 1. The molecule has 0 unspecified atom stereocenters. The normalized spacial score (nSPS) is 14.9. The average Bonchev–Trinajstić information content (AvgIpc) is 2.91. The Balaban J connectivity index is 0.000000280. The Hall–Kier alpha value is -1.44. The van der Waals surface area contributed by atoms with Crippen LogP contribution >= 0.6 is 0 Å². The van der Waals surface area contributed by atoms with Crippen LogP contribution in [0.4, 0.5) is 0 Å². The Labute approximate surface area is 99.5 Å². The van der Waals surface area contributed by atoms with Crippen LogP contribution in [0.3, 0.4) is 0 Å². The Bertz CT molecular complexity index is 342. The fourth-order valence-corrected chi connectivity index (χ4v) is 0.983. The maximum absolute atomic E-state index is 10.1. The van der Waals surface area contributed by atoms with Gasteiger partial charge in [0, 0.05) is 5.57 Å². The van der Waals surface area contributed by atoms with Gasteiger partial charge in [-0.25, -0.2) is 12.1 Å². The molecule has 2 rings (SSSR count). The minimum Gasteiger partial charge on any atom is -0.877 e. The van der Waals surface area contributed by atoms with Gasteiger partial charge >= 0.3 is 17.1 Å². The molecule has 0 bridgehead atoms. The van der Waals surface area contributed by atoms with Gasteiger partial charge in [-0.1, -0.05) is 18.2 Å². The third-order valence-electron chi connectivity index (χ3n) is 1.69. The minimum absolute atomic E-state index is 0. The standard InChI is InChI=1S/C7H6O2.C5H5.Fe/c8-4-6-2-1-3-7(6)5-9;1-2-4-5-3-1;/h1-5,8H;1-5H;/q;-1;+2/p-1. The molecule has 0 spiro atoms. The van der Waals surface area contributed by atoms with Crippen molar-refractivity contribution in [1.29, 1.82) is 0 Å². The largest absolute Gasteiger partial charge is 2.00 e. The molecule has 0 aromatic heterocycles. The first-order valence-electron chi connectivity index (χ1n) is 4.21. The maximum Gasteiger partial charge on any atom is 2.00 e.